The largest absolute Gasteiger partial charge is 0.417 e. The highest BCUT2D eigenvalue weighted by Crippen LogP contribution is 2.42. The molecule has 20 heavy (non-hydrogen) atoms. The standard InChI is InChI=1S/C18H36OSi/c1-4-19-20(2,3)18-13-9-12-17(14-15-18)16-10-7-5-6-8-11-16/h16-18H,4-15H2,1-3H3. The van der Waals surface area contributed by atoms with E-state index >= 15 is 0 Å². The summed E-state index contributed by atoms with van der Waals surface area (Å²) < 4.78 is 6.16. The molecule has 0 bridgehead atoms. The van der Waals surface area contributed by atoms with Crippen molar-refractivity contribution >= 4 is 8.32 Å². The van der Waals surface area contributed by atoms with E-state index in [0.717, 1.165) is 24.0 Å². The van der Waals surface area contributed by atoms with Crippen LogP contribution in [0.5, 0.6) is 0 Å². The van der Waals surface area contributed by atoms with Crippen molar-refractivity contribution in [2.75, 3.05) is 6.61 Å². The Morgan fingerprint density at radius 1 is 0.750 bits per heavy atom. The van der Waals surface area contributed by atoms with Crippen LogP contribution in [0.2, 0.25) is 18.6 Å². The van der Waals surface area contributed by atoms with Gasteiger partial charge >= 0.3 is 0 Å². The van der Waals surface area contributed by atoms with Gasteiger partial charge in [-0.2, -0.15) is 0 Å². The minimum Gasteiger partial charge on any atom is -0.417 e. The van der Waals surface area contributed by atoms with Crippen molar-refractivity contribution < 1.29 is 4.43 Å². The average Bonchev–Trinajstić information content (AvgIpc) is 2.81. The topological polar surface area (TPSA) is 9.23 Å². The lowest BCUT2D eigenvalue weighted by molar-refractivity contribution is 0.267. The predicted octanol–water partition coefficient (Wildman–Crippen LogP) is 6.15. The quantitative estimate of drug-likeness (QED) is 0.446. The van der Waals surface area contributed by atoms with E-state index in [4.69, 9.17) is 4.43 Å². The summed E-state index contributed by atoms with van der Waals surface area (Å²) in [4.78, 5) is 0. The van der Waals surface area contributed by atoms with Gasteiger partial charge in [-0.15, -0.1) is 0 Å². The lowest BCUT2D eigenvalue weighted by Gasteiger charge is -2.31. The Morgan fingerprint density at radius 2 is 1.35 bits per heavy atom. The summed E-state index contributed by atoms with van der Waals surface area (Å²) in [5.41, 5.74) is 0.915. The molecule has 0 aliphatic heterocycles. The third kappa shape index (κ3) is 4.59. The molecule has 2 saturated carbocycles. The zero-order valence-electron chi connectivity index (χ0n) is 14.1. The van der Waals surface area contributed by atoms with Gasteiger partial charge in [-0.3, -0.25) is 0 Å². The molecule has 0 amide bonds. The Kier molecular flexibility index (Phi) is 6.60. The van der Waals surface area contributed by atoms with E-state index in [2.05, 4.69) is 20.0 Å². The number of hydrogen-bond acceptors (Lipinski definition) is 1. The van der Waals surface area contributed by atoms with E-state index < -0.39 is 8.32 Å². The van der Waals surface area contributed by atoms with Crippen LogP contribution < -0.4 is 0 Å². The highest BCUT2D eigenvalue weighted by atomic mass is 28.4. The Balaban J connectivity index is 1.88. The van der Waals surface area contributed by atoms with Crippen LogP contribution in [0.25, 0.3) is 0 Å². The second kappa shape index (κ2) is 7.98. The molecule has 0 radical (unpaired) electrons. The Morgan fingerprint density at radius 3 is 2.00 bits per heavy atom. The first-order valence-electron chi connectivity index (χ1n) is 9.27. The Hall–Kier alpha value is 0.177. The van der Waals surface area contributed by atoms with E-state index in [1.165, 1.54) is 70.6 Å². The van der Waals surface area contributed by atoms with Crippen molar-refractivity contribution in [3.8, 4) is 0 Å². The van der Waals surface area contributed by atoms with Gasteiger partial charge in [-0.25, -0.2) is 0 Å². The summed E-state index contributed by atoms with van der Waals surface area (Å²) in [6, 6.07) is 0. The SMILES string of the molecule is CCO[Si](C)(C)C1CCCC(C2CCCCCC2)CC1. The molecule has 0 spiro atoms. The van der Waals surface area contributed by atoms with E-state index in [1.54, 1.807) is 0 Å². The fourth-order valence-electron chi connectivity index (χ4n) is 4.77. The maximum absolute atomic E-state index is 6.16. The van der Waals surface area contributed by atoms with Gasteiger partial charge in [-0.1, -0.05) is 70.6 Å². The molecule has 2 aliphatic rings. The van der Waals surface area contributed by atoms with Crippen molar-refractivity contribution in [1.82, 2.24) is 0 Å². The summed E-state index contributed by atoms with van der Waals surface area (Å²) in [5, 5.41) is 0. The third-order valence-corrected chi connectivity index (χ3v) is 9.66. The maximum atomic E-state index is 6.16. The smallest absolute Gasteiger partial charge is 0.189 e. The summed E-state index contributed by atoms with van der Waals surface area (Å²) in [6.07, 6.45) is 16.4. The molecule has 0 saturated heterocycles. The zero-order valence-corrected chi connectivity index (χ0v) is 15.1. The summed E-state index contributed by atoms with van der Waals surface area (Å²) in [7, 11) is -1.42. The molecule has 0 aromatic carbocycles. The van der Waals surface area contributed by atoms with Gasteiger partial charge in [0.2, 0.25) is 0 Å². The normalized spacial score (nSPS) is 30.8. The molecule has 2 rings (SSSR count). The zero-order chi connectivity index (χ0) is 14.4. The van der Waals surface area contributed by atoms with Crippen LogP contribution in [0.15, 0.2) is 0 Å². The molecule has 2 unspecified atom stereocenters. The maximum Gasteiger partial charge on any atom is 0.189 e. The molecular formula is C18H36OSi. The number of hydrogen-bond donors (Lipinski definition) is 0. The second-order valence-corrected chi connectivity index (χ2v) is 12.1. The summed E-state index contributed by atoms with van der Waals surface area (Å²) in [6.45, 7) is 7.99. The molecule has 0 aromatic rings. The van der Waals surface area contributed by atoms with Crippen molar-refractivity contribution in [2.45, 2.75) is 96.2 Å². The monoisotopic (exact) mass is 296 g/mol. The first kappa shape index (κ1) is 16.5. The van der Waals surface area contributed by atoms with Crippen LogP contribution in [-0.2, 0) is 4.43 Å². The van der Waals surface area contributed by atoms with Crippen molar-refractivity contribution in [1.29, 1.82) is 0 Å². The Bertz CT molecular complexity index is 269. The van der Waals surface area contributed by atoms with Crippen LogP contribution in [0, 0.1) is 11.8 Å². The number of rotatable bonds is 4. The summed E-state index contributed by atoms with van der Waals surface area (Å²) >= 11 is 0. The molecule has 0 aromatic heterocycles. The third-order valence-electron chi connectivity index (χ3n) is 6.08. The first-order valence-corrected chi connectivity index (χ1v) is 12.3. The van der Waals surface area contributed by atoms with Crippen molar-refractivity contribution in [3.05, 3.63) is 0 Å². The fraction of sp³-hybridized carbons (Fsp3) is 1.00. The van der Waals surface area contributed by atoms with Gasteiger partial charge in [-0.05, 0) is 37.4 Å². The van der Waals surface area contributed by atoms with Crippen LogP contribution >= 0.6 is 0 Å². The van der Waals surface area contributed by atoms with E-state index in [1.807, 2.05) is 0 Å². The van der Waals surface area contributed by atoms with Crippen molar-refractivity contribution in [3.63, 3.8) is 0 Å². The van der Waals surface area contributed by atoms with Gasteiger partial charge in [0.15, 0.2) is 8.32 Å². The van der Waals surface area contributed by atoms with E-state index in [0.29, 0.717) is 0 Å². The van der Waals surface area contributed by atoms with Crippen LogP contribution in [0.3, 0.4) is 0 Å². The molecule has 2 heteroatoms. The lowest BCUT2D eigenvalue weighted by Crippen LogP contribution is -2.36. The van der Waals surface area contributed by atoms with Crippen LogP contribution in [-0.4, -0.2) is 14.9 Å². The molecular weight excluding hydrogens is 260 g/mol. The second-order valence-electron chi connectivity index (χ2n) is 7.75. The first-order chi connectivity index (χ1) is 9.63. The molecule has 0 heterocycles. The highest BCUT2D eigenvalue weighted by Gasteiger charge is 2.36. The molecule has 2 aliphatic carbocycles. The van der Waals surface area contributed by atoms with Gasteiger partial charge in [0.1, 0.15) is 0 Å². The minimum absolute atomic E-state index is 0.915. The molecule has 118 valence electrons. The predicted molar refractivity (Wildman–Crippen MR) is 90.6 cm³/mol. The van der Waals surface area contributed by atoms with E-state index in [9.17, 15) is 0 Å². The summed E-state index contributed by atoms with van der Waals surface area (Å²) in [5.74, 6) is 2.11. The molecule has 1 nitrogen and oxygen atoms in total. The average molecular weight is 297 g/mol. The van der Waals surface area contributed by atoms with Gasteiger partial charge in [0, 0.05) is 6.61 Å². The molecule has 2 atom stereocenters. The van der Waals surface area contributed by atoms with Gasteiger partial charge in [0.05, 0.1) is 0 Å². The minimum atomic E-state index is -1.42. The molecule has 0 N–H and O–H groups in total. The van der Waals surface area contributed by atoms with Crippen LogP contribution in [0.1, 0.15) is 77.6 Å². The molecule has 2 fully saturated rings. The van der Waals surface area contributed by atoms with Gasteiger partial charge in [0.25, 0.3) is 0 Å². The van der Waals surface area contributed by atoms with E-state index in [-0.39, 0.29) is 0 Å². The van der Waals surface area contributed by atoms with Gasteiger partial charge < -0.3 is 4.43 Å². The lowest BCUT2D eigenvalue weighted by atomic mass is 9.81. The Labute approximate surface area is 128 Å². The highest BCUT2D eigenvalue weighted by molar-refractivity contribution is 6.72. The van der Waals surface area contributed by atoms with Crippen LogP contribution in [0.4, 0.5) is 0 Å². The van der Waals surface area contributed by atoms with Crippen molar-refractivity contribution in [2.24, 2.45) is 11.8 Å². The fourth-order valence-corrected chi connectivity index (χ4v) is 7.51.